The van der Waals surface area contributed by atoms with Crippen LogP contribution in [0.3, 0.4) is 0 Å². The lowest BCUT2D eigenvalue weighted by Gasteiger charge is -2.20. The van der Waals surface area contributed by atoms with Crippen molar-refractivity contribution in [3.8, 4) is 5.75 Å². The molecule has 0 heterocycles. The molecule has 0 aliphatic carbocycles. The Hall–Kier alpha value is -2.28. The van der Waals surface area contributed by atoms with E-state index in [1.54, 1.807) is 6.92 Å². The maximum Gasteiger partial charge on any atom is 0.267 e. The monoisotopic (exact) mass is 310 g/mol. The number of hydrogen-bond donors (Lipinski definition) is 2. The zero-order valence-electron chi connectivity index (χ0n) is 11.5. The minimum atomic E-state index is -4.08. The summed E-state index contributed by atoms with van der Waals surface area (Å²) in [7, 11) is -2.78. The molecule has 0 saturated heterocycles. The molecular weight excluding hydrogens is 295 g/mol. The van der Waals surface area contributed by atoms with Gasteiger partial charge in [0.1, 0.15) is 16.5 Å². The summed E-state index contributed by atoms with van der Waals surface area (Å²) in [5.41, 5.74) is 6.63. The van der Waals surface area contributed by atoms with Crippen LogP contribution in [0.1, 0.15) is 5.56 Å². The number of nitrogens with zero attached hydrogens (tertiary/aromatic N) is 1. The second-order valence-electron chi connectivity index (χ2n) is 4.63. The minimum Gasteiger partial charge on any atom is -0.508 e. The average Bonchev–Trinajstić information content (AvgIpc) is 2.42. The van der Waals surface area contributed by atoms with Crippen molar-refractivity contribution in [2.75, 3.05) is 17.1 Å². The normalized spacial score (nSPS) is 11.4. The summed E-state index contributed by atoms with van der Waals surface area (Å²) in [5, 5.41) is 9.22. The summed E-state index contributed by atoms with van der Waals surface area (Å²) >= 11 is 0. The van der Waals surface area contributed by atoms with Gasteiger partial charge in [-0.05, 0) is 48.9 Å². The second-order valence-corrected chi connectivity index (χ2v) is 6.57. The number of nitrogen functional groups attached to an aromatic ring is 1. The van der Waals surface area contributed by atoms with E-state index in [-0.39, 0.29) is 11.4 Å². The van der Waals surface area contributed by atoms with Crippen LogP contribution in [-0.4, -0.2) is 20.6 Å². The molecule has 2 aromatic rings. The van der Waals surface area contributed by atoms with Gasteiger partial charge in [-0.2, -0.15) is 0 Å². The average molecular weight is 310 g/mol. The Morgan fingerprint density at radius 1 is 1.19 bits per heavy atom. The lowest BCUT2D eigenvalue weighted by molar-refractivity contribution is 0.475. The van der Waals surface area contributed by atoms with E-state index in [9.17, 15) is 17.9 Å². The zero-order chi connectivity index (χ0) is 15.8. The first kappa shape index (κ1) is 15.1. The zero-order valence-corrected chi connectivity index (χ0v) is 12.4. The predicted octanol–water partition coefficient (Wildman–Crippen LogP) is 2.25. The van der Waals surface area contributed by atoms with Gasteiger partial charge in [0, 0.05) is 12.7 Å². The van der Waals surface area contributed by atoms with Crippen LogP contribution >= 0.6 is 0 Å². The molecule has 21 heavy (non-hydrogen) atoms. The molecule has 0 aromatic heterocycles. The molecule has 0 atom stereocenters. The molecule has 2 aromatic carbocycles. The Balaban J connectivity index is 2.51. The van der Waals surface area contributed by atoms with Gasteiger partial charge in [-0.25, -0.2) is 12.8 Å². The predicted molar refractivity (Wildman–Crippen MR) is 79.2 cm³/mol. The van der Waals surface area contributed by atoms with Gasteiger partial charge in [0.2, 0.25) is 0 Å². The smallest absolute Gasteiger partial charge is 0.267 e. The number of anilines is 2. The fourth-order valence-electron chi connectivity index (χ4n) is 1.82. The van der Waals surface area contributed by atoms with Crippen LogP contribution in [0.4, 0.5) is 15.8 Å². The van der Waals surface area contributed by atoms with Crippen LogP contribution in [0.15, 0.2) is 41.3 Å². The molecule has 0 amide bonds. The molecule has 5 nitrogen and oxygen atoms in total. The summed E-state index contributed by atoms with van der Waals surface area (Å²) in [4.78, 5) is -0.485. The van der Waals surface area contributed by atoms with Crippen LogP contribution in [-0.2, 0) is 10.0 Å². The van der Waals surface area contributed by atoms with Crippen molar-refractivity contribution in [1.82, 2.24) is 0 Å². The Morgan fingerprint density at radius 3 is 2.33 bits per heavy atom. The van der Waals surface area contributed by atoms with Crippen molar-refractivity contribution >= 4 is 21.4 Å². The first-order valence-electron chi connectivity index (χ1n) is 6.07. The molecule has 0 radical (unpaired) electrons. The number of hydrogen-bond acceptors (Lipinski definition) is 4. The summed E-state index contributed by atoms with van der Waals surface area (Å²) in [6.45, 7) is 1.60. The quantitative estimate of drug-likeness (QED) is 0.852. The Morgan fingerprint density at radius 2 is 1.76 bits per heavy atom. The maximum absolute atomic E-state index is 14.0. The fourth-order valence-corrected chi connectivity index (χ4v) is 3.09. The maximum atomic E-state index is 14.0. The Bertz CT molecular complexity index is 774. The van der Waals surface area contributed by atoms with Gasteiger partial charge in [-0.1, -0.05) is 0 Å². The second kappa shape index (κ2) is 5.25. The van der Waals surface area contributed by atoms with Crippen LogP contribution in [0.5, 0.6) is 5.75 Å². The van der Waals surface area contributed by atoms with Crippen LogP contribution in [0.25, 0.3) is 0 Å². The summed E-state index contributed by atoms with van der Waals surface area (Å²) in [6, 6.07) is 7.73. The lowest BCUT2D eigenvalue weighted by atomic mass is 10.2. The number of aryl methyl sites for hydroxylation is 1. The number of aromatic hydroxyl groups is 1. The number of nitrogens with two attached hydrogens (primary N) is 1. The van der Waals surface area contributed by atoms with Gasteiger partial charge in [-0.3, -0.25) is 4.31 Å². The molecule has 3 N–H and O–H groups in total. The number of sulfonamides is 1. The molecule has 7 heteroatoms. The van der Waals surface area contributed by atoms with Crippen LogP contribution in [0, 0.1) is 12.7 Å². The molecule has 112 valence electrons. The van der Waals surface area contributed by atoms with Gasteiger partial charge in [-0.15, -0.1) is 0 Å². The van der Waals surface area contributed by atoms with Crippen LogP contribution < -0.4 is 10.0 Å². The van der Waals surface area contributed by atoms with Gasteiger partial charge in [0.15, 0.2) is 0 Å². The molecule has 0 aliphatic rings. The number of rotatable bonds is 3. The minimum absolute atomic E-state index is 0.00955. The topological polar surface area (TPSA) is 83.6 Å². The van der Waals surface area contributed by atoms with Crippen molar-refractivity contribution in [3.05, 3.63) is 47.8 Å². The van der Waals surface area contributed by atoms with Crippen molar-refractivity contribution < 1.29 is 17.9 Å². The van der Waals surface area contributed by atoms with E-state index in [2.05, 4.69) is 0 Å². The van der Waals surface area contributed by atoms with E-state index in [1.807, 2.05) is 0 Å². The van der Waals surface area contributed by atoms with E-state index in [4.69, 9.17) is 5.73 Å². The van der Waals surface area contributed by atoms with E-state index in [1.165, 1.54) is 31.3 Å². The molecule has 0 fully saturated rings. The van der Waals surface area contributed by atoms with E-state index in [0.717, 1.165) is 16.4 Å². The molecule has 0 spiro atoms. The molecule has 0 bridgehead atoms. The van der Waals surface area contributed by atoms with Gasteiger partial charge >= 0.3 is 0 Å². The standard InChI is InChI=1S/C14H15FN2O3S/c1-9-7-12(15)14(8-13(9)16)21(19,20)17(2)10-3-5-11(18)6-4-10/h3-8,18H,16H2,1-2H3. The largest absolute Gasteiger partial charge is 0.508 e. The number of phenolic OH excluding ortho intramolecular Hbond substituents is 1. The third-order valence-electron chi connectivity index (χ3n) is 3.17. The third-order valence-corrected chi connectivity index (χ3v) is 4.97. The Kier molecular flexibility index (Phi) is 3.78. The first-order chi connectivity index (χ1) is 9.73. The molecule has 0 aliphatic heterocycles. The first-order valence-corrected chi connectivity index (χ1v) is 7.51. The van der Waals surface area contributed by atoms with E-state index >= 15 is 0 Å². The highest BCUT2D eigenvalue weighted by atomic mass is 32.2. The highest BCUT2D eigenvalue weighted by Gasteiger charge is 2.25. The van der Waals surface area contributed by atoms with Crippen molar-refractivity contribution in [2.45, 2.75) is 11.8 Å². The van der Waals surface area contributed by atoms with Crippen molar-refractivity contribution in [1.29, 1.82) is 0 Å². The number of phenols is 1. The van der Waals surface area contributed by atoms with Gasteiger partial charge in [0.25, 0.3) is 10.0 Å². The molecule has 0 saturated carbocycles. The molecule has 2 rings (SSSR count). The highest BCUT2D eigenvalue weighted by molar-refractivity contribution is 7.92. The third kappa shape index (κ3) is 2.78. The SMILES string of the molecule is Cc1cc(F)c(S(=O)(=O)N(C)c2ccc(O)cc2)cc1N. The summed E-state index contributed by atoms with van der Waals surface area (Å²) in [5.74, 6) is -0.845. The Labute approximate surface area is 122 Å². The van der Waals surface area contributed by atoms with Gasteiger partial charge in [0.05, 0.1) is 5.69 Å². The van der Waals surface area contributed by atoms with Crippen molar-refractivity contribution in [3.63, 3.8) is 0 Å². The van der Waals surface area contributed by atoms with E-state index < -0.39 is 20.7 Å². The molecular formula is C14H15FN2O3S. The highest BCUT2D eigenvalue weighted by Crippen LogP contribution is 2.27. The fraction of sp³-hybridized carbons (Fsp3) is 0.143. The summed E-state index contributed by atoms with van der Waals surface area (Å²) < 4.78 is 39.8. The van der Waals surface area contributed by atoms with Crippen LogP contribution in [0.2, 0.25) is 0 Å². The number of benzene rings is 2. The summed E-state index contributed by atoms with van der Waals surface area (Å²) in [6.07, 6.45) is 0. The van der Waals surface area contributed by atoms with Gasteiger partial charge < -0.3 is 10.8 Å². The molecule has 0 unspecified atom stereocenters. The van der Waals surface area contributed by atoms with Crippen molar-refractivity contribution in [2.24, 2.45) is 0 Å². The number of halogens is 1. The lowest BCUT2D eigenvalue weighted by Crippen LogP contribution is -2.27. The van der Waals surface area contributed by atoms with E-state index in [0.29, 0.717) is 11.3 Å².